The minimum Gasteiger partial charge on any atom is -0.496 e. The molecule has 24 heavy (non-hydrogen) atoms. The fourth-order valence-electron chi connectivity index (χ4n) is 2.60. The van der Waals surface area contributed by atoms with Gasteiger partial charge in [0.1, 0.15) is 11.5 Å². The lowest BCUT2D eigenvalue weighted by Crippen LogP contribution is -2.27. The van der Waals surface area contributed by atoms with Crippen LogP contribution in [0.1, 0.15) is 16.7 Å². The van der Waals surface area contributed by atoms with Crippen molar-refractivity contribution in [2.24, 2.45) is 0 Å². The van der Waals surface area contributed by atoms with E-state index in [4.69, 9.17) is 9.47 Å². The summed E-state index contributed by atoms with van der Waals surface area (Å²) in [7, 11) is 1.10. The maximum atomic E-state index is 13.0. The van der Waals surface area contributed by atoms with Gasteiger partial charge in [0.25, 0.3) is 0 Å². The van der Waals surface area contributed by atoms with Gasteiger partial charge in [-0.2, -0.15) is 4.31 Å². The average Bonchev–Trinajstić information content (AvgIpc) is 2.57. The van der Waals surface area contributed by atoms with Crippen LogP contribution in [-0.2, 0) is 16.6 Å². The van der Waals surface area contributed by atoms with E-state index in [2.05, 4.69) is 0 Å². The molecule has 0 fully saturated rings. The number of sulfonamides is 1. The van der Waals surface area contributed by atoms with Gasteiger partial charge in [-0.15, -0.1) is 0 Å². The van der Waals surface area contributed by atoms with E-state index >= 15 is 0 Å². The Kier molecular flexibility index (Phi) is 5.51. The van der Waals surface area contributed by atoms with E-state index in [1.54, 1.807) is 40.3 Å². The Hall–Kier alpha value is -2.05. The summed E-state index contributed by atoms with van der Waals surface area (Å²) >= 11 is 0. The normalized spacial score (nSPS) is 11.6. The first kappa shape index (κ1) is 18.3. The number of para-hydroxylation sites is 1. The molecule has 0 atom stereocenters. The minimum absolute atomic E-state index is 0.233. The highest BCUT2D eigenvalue weighted by Gasteiger charge is 2.25. The highest BCUT2D eigenvalue weighted by Crippen LogP contribution is 2.29. The zero-order valence-corrected chi connectivity index (χ0v) is 15.5. The number of ether oxygens (including phenoxy) is 2. The van der Waals surface area contributed by atoms with Crippen LogP contribution in [0.25, 0.3) is 0 Å². The van der Waals surface area contributed by atoms with Gasteiger partial charge in [0.2, 0.25) is 10.0 Å². The average molecular weight is 349 g/mol. The number of rotatable bonds is 6. The van der Waals surface area contributed by atoms with E-state index in [-0.39, 0.29) is 11.4 Å². The quantitative estimate of drug-likeness (QED) is 0.804. The maximum Gasteiger partial charge on any atom is 0.243 e. The Morgan fingerprint density at radius 1 is 0.917 bits per heavy atom. The van der Waals surface area contributed by atoms with Crippen LogP contribution in [0, 0.1) is 13.8 Å². The van der Waals surface area contributed by atoms with Crippen LogP contribution < -0.4 is 9.47 Å². The van der Waals surface area contributed by atoms with Crippen molar-refractivity contribution < 1.29 is 17.9 Å². The maximum absolute atomic E-state index is 13.0. The molecule has 0 amide bonds. The molecule has 0 bridgehead atoms. The molecule has 5 nitrogen and oxygen atoms in total. The third kappa shape index (κ3) is 3.39. The van der Waals surface area contributed by atoms with Gasteiger partial charge in [-0.25, -0.2) is 8.42 Å². The third-order valence-corrected chi connectivity index (χ3v) is 6.13. The second-order valence-electron chi connectivity index (χ2n) is 5.59. The predicted molar refractivity (Wildman–Crippen MR) is 94.1 cm³/mol. The molecule has 0 aromatic heterocycles. The Bertz CT molecular complexity index is 831. The number of hydrogen-bond acceptors (Lipinski definition) is 4. The van der Waals surface area contributed by atoms with Gasteiger partial charge in [-0.05, 0) is 43.2 Å². The van der Waals surface area contributed by atoms with Crippen LogP contribution >= 0.6 is 0 Å². The standard InChI is InChI=1S/C18H23NO4S/c1-13-14(2)18(11-10-16(13)22-4)24(20,21)19(3)12-15-8-6-7-9-17(15)23-5/h6-11H,12H2,1-5H3. The van der Waals surface area contributed by atoms with Gasteiger partial charge in [-0.3, -0.25) is 0 Å². The lowest BCUT2D eigenvalue weighted by molar-refractivity contribution is 0.397. The van der Waals surface area contributed by atoms with Crippen molar-refractivity contribution in [2.45, 2.75) is 25.3 Å². The molecule has 6 heteroatoms. The molecule has 0 heterocycles. The molecule has 2 aromatic carbocycles. The van der Waals surface area contributed by atoms with Crippen LogP contribution in [0.3, 0.4) is 0 Å². The summed E-state index contributed by atoms with van der Waals surface area (Å²) in [6, 6.07) is 10.7. The molecule has 0 aliphatic carbocycles. The molecule has 0 aliphatic heterocycles. The highest BCUT2D eigenvalue weighted by molar-refractivity contribution is 7.89. The second-order valence-corrected chi connectivity index (χ2v) is 7.60. The Morgan fingerprint density at radius 3 is 2.17 bits per heavy atom. The SMILES string of the molecule is COc1ccccc1CN(C)S(=O)(=O)c1ccc(OC)c(C)c1C. The summed E-state index contributed by atoms with van der Waals surface area (Å²) < 4.78 is 37.8. The molecule has 0 aliphatic rings. The molecule has 0 saturated heterocycles. The molecule has 0 spiro atoms. The molecule has 130 valence electrons. The van der Waals surface area contributed by atoms with E-state index in [0.29, 0.717) is 17.1 Å². The van der Waals surface area contributed by atoms with Crippen molar-refractivity contribution in [2.75, 3.05) is 21.3 Å². The molecule has 0 radical (unpaired) electrons. The van der Waals surface area contributed by atoms with Gasteiger partial charge < -0.3 is 9.47 Å². The van der Waals surface area contributed by atoms with Crippen molar-refractivity contribution in [1.82, 2.24) is 4.31 Å². The Morgan fingerprint density at radius 2 is 1.54 bits per heavy atom. The van der Waals surface area contributed by atoms with E-state index in [9.17, 15) is 8.42 Å². The van der Waals surface area contributed by atoms with Crippen LogP contribution in [-0.4, -0.2) is 34.0 Å². The molecule has 2 aromatic rings. The van der Waals surface area contributed by atoms with Crippen LogP contribution in [0.15, 0.2) is 41.3 Å². The van der Waals surface area contributed by atoms with Gasteiger partial charge >= 0.3 is 0 Å². The summed E-state index contributed by atoms with van der Waals surface area (Å²) in [5.41, 5.74) is 2.33. The Balaban J connectivity index is 2.38. The molecule has 0 N–H and O–H groups in total. The van der Waals surface area contributed by atoms with Crippen LogP contribution in [0.2, 0.25) is 0 Å². The third-order valence-electron chi connectivity index (χ3n) is 4.18. The largest absolute Gasteiger partial charge is 0.496 e. The van der Waals surface area contributed by atoms with Crippen molar-refractivity contribution in [1.29, 1.82) is 0 Å². The van der Waals surface area contributed by atoms with Crippen molar-refractivity contribution >= 4 is 10.0 Å². The minimum atomic E-state index is -3.62. The Labute approximate surface area is 143 Å². The van der Waals surface area contributed by atoms with Crippen molar-refractivity contribution in [3.63, 3.8) is 0 Å². The molecule has 2 rings (SSSR count). The van der Waals surface area contributed by atoms with Gasteiger partial charge in [0.05, 0.1) is 19.1 Å². The van der Waals surface area contributed by atoms with Crippen molar-refractivity contribution in [3.8, 4) is 11.5 Å². The lowest BCUT2D eigenvalue weighted by atomic mass is 10.1. The zero-order chi connectivity index (χ0) is 17.9. The molecule has 0 unspecified atom stereocenters. The summed E-state index contributed by atoms with van der Waals surface area (Å²) in [4.78, 5) is 0.290. The summed E-state index contributed by atoms with van der Waals surface area (Å²) in [6.45, 7) is 3.88. The van der Waals surface area contributed by atoms with E-state index in [1.807, 2.05) is 31.2 Å². The van der Waals surface area contributed by atoms with Crippen molar-refractivity contribution in [3.05, 3.63) is 53.1 Å². The number of benzene rings is 2. The van der Waals surface area contributed by atoms with E-state index in [1.165, 1.54) is 4.31 Å². The highest BCUT2D eigenvalue weighted by atomic mass is 32.2. The lowest BCUT2D eigenvalue weighted by Gasteiger charge is -2.21. The zero-order valence-electron chi connectivity index (χ0n) is 14.7. The first-order valence-corrected chi connectivity index (χ1v) is 8.99. The summed E-state index contributed by atoms with van der Waals surface area (Å²) in [5, 5.41) is 0. The smallest absolute Gasteiger partial charge is 0.243 e. The first-order valence-electron chi connectivity index (χ1n) is 7.55. The summed E-state index contributed by atoms with van der Waals surface area (Å²) in [6.07, 6.45) is 0. The van der Waals surface area contributed by atoms with Gasteiger partial charge in [0, 0.05) is 19.2 Å². The predicted octanol–water partition coefficient (Wildman–Crippen LogP) is 3.14. The fraction of sp³-hybridized carbons (Fsp3) is 0.333. The number of hydrogen-bond donors (Lipinski definition) is 0. The van der Waals surface area contributed by atoms with E-state index < -0.39 is 10.0 Å². The second kappa shape index (κ2) is 7.23. The monoisotopic (exact) mass is 349 g/mol. The molecular weight excluding hydrogens is 326 g/mol. The first-order chi connectivity index (χ1) is 11.3. The topological polar surface area (TPSA) is 55.8 Å². The van der Waals surface area contributed by atoms with Crippen LogP contribution in [0.4, 0.5) is 0 Å². The molecule has 0 saturated carbocycles. The van der Waals surface area contributed by atoms with Gasteiger partial charge in [0.15, 0.2) is 0 Å². The van der Waals surface area contributed by atoms with E-state index in [0.717, 1.165) is 11.1 Å². The summed E-state index contributed by atoms with van der Waals surface area (Å²) in [5.74, 6) is 1.35. The number of methoxy groups -OCH3 is 2. The van der Waals surface area contributed by atoms with Crippen LogP contribution in [0.5, 0.6) is 11.5 Å². The number of nitrogens with zero attached hydrogens (tertiary/aromatic N) is 1. The fourth-order valence-corrected chi connectivity index (χ4v) is 4.02. The van der Waals surface area contributed by atoms with Gasteiger partial charge in [-0.1, -0.05) is 18.2 Å². The molecular formula is C18H23NO4S.